The first kappa shape index (κ1) is 14.7. The number of nitrogens with one attached hydrogen (secondary N) is 1. The molecule has 0 spiro atoms. The maximum atomic E-state index is 4.51. The largest absolute Gasteiger partial charge is 0.311 e. The van der Waals surface area contributed by atoms with E-state index in [2.05, 4.69) is 73.3 Å². The van der Waals surface area contributed by atoms with Crippen LogP contribution >= 0.6 is 31.9 Å². The van der Waals surface area contributed by atoms with Gasteiger partial charge in [0.05, 0.1) is 11.7 Å². The van der Waals surface area contributed by atoms with Gasteiger partial charge in [-0.2, -0.15) is 0 Å². The zero-order chi connectivity index (χ0) is 13.8. The Hall–Kier alpha value is -0.710. The number of aromatic nitrogens is 1. The quantitative estimate of drug-likeness (QED) is 0.845. The summed E-state index contributed by atoms with van der Waals surface area (Å²) in [6.45, 7) is 2.12. The van der Waals surface area contributed by atoms with Gasteiger partial charge in [-0.3, -0.25) is 4.98 Å². The fraction of sp³-hybridized carbons (Fsp3) is 0.267. The van der Waals surface area contributed by atoms with Gasteiger partial charge in [0.15, 0.2) is 0 Å². The van der Waals surface area contributed by atoms with E-state index in [0.717, 1.165) is 21.1 Å². The Morgan fingerprint density at radius 2 is 2.05 bits per heavy atom. The van der Waals surface area contributed by atoms with Crippen LogP contribution in [0.15, 0.2) is 45.5 Å². The Labute approximate surface area is 130 Å². The fourth-order valence-electron chi connectivity index (χ4n) is 2.09. The first-order chi connectivity index (χ1) is 9.10. The molecular formula is C15H16Br2N2. The Bertz CT molecular complexity index is 570. The van der Waals surface area contributed by atoms with Gasteiger partial charge in [-0.25, -0.2) is 0 Å². The van der Waals surface area contributed by atoms with Crippen LogP contribution in [0.2, 0.25) is 0 Å². The van der Waals surface area contributed by atoms with Gasteiger partial charge in [0, 0.05) is 15.1 Å². The van der Waals surface area contributed by atoms with Crippen LogP contribution in [0.5, 0.6) is 0 Å². The molecule has 2 aromatic rings. The van der Waals surface area contributed by atoms with Crippen molar-refractivity contribution in [1.82, 2.24) is 10.3 Å². The van der Waals surface area contributed by atoms with Crippen LogP contribution in [0.1, 0.15) is 22.9 Å². The number of benzene rings is 1. The van der Waals surface area contributed by atoms with Gasteiger partial charge in [0.1, 0.15) is 0 Å². The van der Waals surface area contributed by atoms with E-state index in [1.807, 2.05) is 19.3 Å². The molecule has 2 nitrogen and oxygen atoms in total. The number of halogens is 2. The number of nitrogens with zero attached hydrogens (tertiary/aromatic N) is 1. The summed E-state index contributed by atoms with van der Waals surface area (Å²) in [4.78, 5) is 4.51. The molecule has 1 atom stereocenters. The van der Waals surface area contributed by atoms with Gasteiger partial charge in [-0.1, -0.05) is 29.8 Å². The predicted molar refractivity (Wildman–Crippen MR) is 86.3 cm³/mol. The molecule has 0 aliphatic heterocycles. The lowest BCUT2D eigenvalue weighted by Gasteiger charge is -2.17. The normalized spacial score (nSPS) is 12.4. The Morgan fingerprint density at radius 1 is 1.26 bits per heavy atom. The number of aryl methyl sites for hydroxylation is 1. The standard InChI is InChI=1S/C15H16Br2N2/c1-10-4-3-5-11(6-10)7-14(18-2)15-13(17)8-12(16)9-19-15/h3-6,8-9,14,18H,7H2,1-2H3. The van der Waals surface area contributed by atoms with Gasteiger partial charge in [-0.15, -0.1) is 0 Å². The van der Waals surface area contributed by atoms with E-state index >= 15 is 0 Å². The third-order valence-electron chi connectivity index (χ3n) is 3.04. The van der Waals surface area contributed by atoms with Crippen molar-refractivity contribution in [1.29, 1.82) is 0 Å². The van der Waals surface area contributed by atoms with Gasteiger partial charge >= 0.3 is 0 Å². The first-order valence-electron chi connectivity index (χ1n) is 6.14. The van der Waals surface area contributed by atoms with Crippen molar-refractivity contribution in [2.45, 2.75) is 19.4 Å². The van der Waals surface area contributed by atoms with E-state index in [0.29, 0.717) is 0 Å². The molecule has 0 saturated carbocycles. The third-order valence-corrected chi connectivity index (χ3v) is 4.11. The summed E-state index contributed by atoms with van der Waals surface area (Å²) >= 11 is 7.01. The van der Waals surface area contributed by atoms with Crippen molar-refractivity contribution in [2.75, 3.05) is 7.05 Å². The SMILES string of the molecule is CNC(Cc1cccc(C)c1)c1ncc(Br)cc1Br. The highest BCUT2D eigenvalue weighted by atomic mass is 79.9. The highest BCUT2D eigenvalue weighted by Gasteiger charge is 2.15. The zero-order valence-corrected chi connectivity index (χ0v) is 14.1. The van der Waals surface area contributed by atoms with Gasteiger partial charge < -0.3 is 5.32 Å². The molecule has 1 unspecified atom stereocenters. The van der Waals surface area contributed by atoms with E-state index in [4.69, 9.17) is 0 Å². The molecule has 0 saturated heterocycles. The van der Waals surface area contributed by atoms with Crippen molar-refractivity contribution in [3.05, 3.63) is 62.3 Å². The topological polar surface area (TPSA) is 24.9 Å². The maximum absolute atomic E-state index is 4.51. The molecule has 0 radical (unpaired) electrons. The second kappa shape index (κ2) is 6.64. The molecule has 100 valence electrons. The first-order valence-corrected chi connectivity index (χ1v) is 7.72. The second-order valence-electron chi connectivity index (χ2n) is 4.56. The molecule has 1 aromatic carbocycles. The lowest BCUT2D eigenvalue weighted by Crippen LogP contribution is -2.20. The van der Waals surface area contributed by atoms with E-state index in [9.17, 15) is 0 Å². The van der Waals surface area contributed by atoms with Crippen molar-refractivity contribution in [2.24, 2.45) is 0 Å². The van der Waals surface area contributed by atoms with Crippen LogP contribution in [-0.2, 0) is 6.42 Å². The maximum Gasteiger partial charge on any atom is 0.0719 e. The number of hydrogen-bond acceptors (Lipinski definition) is 2. The van der Waals surface area contributed by atoms with Crippen LogP contribution in [0.3, 0.4) is 0 Å². The number of likely N-dealkylation sites (N-methyl/N-ethyl adjacent to an activating group) is 1. The molecule has 0 fully saturated rings. The van der Waals surface area contributed by atoms with Crippen molar-refractivity contribution in [3.63, 3.8) is 0 Å². The summed E-state index contributed by atoms with van der Waals surface area (Å²) in [5.74, 6) is 0. The molecule has 0 aliphatic rings. The molecule has 1 aromatic heterocycles. The highest BCUT2D eigenvalue weighted by molar-refractivity contribution is 9.11. The highest BCUT2D eigenvalue weighted by Crippen LogP contribution is 2.26. The van der Waals surface area contributed by atoms with E-state index in [1.165, 1.54) is 11.1 Å². The number of pyridine rings is 1. The van der Waals surface area contributed by atoms with Crippen LogP contribution < -0.4 is 5.32 Å². The zero-order valence-electron chi connectivity index (χ0n) is 11.0. The van der Waals surface area contributed by atoms with Crippen LogP contribution in [0.25, 0.3) is 0 Å². The predicted octanol–water partition coefficient (Wildman–Crippen LogP) is 4.42. The molecule has 1 heterocycles. The minimum absolute atomic E-state index is 0.198. The van der Waals surface area contributed by atoms with Crippen molar-refractivity contribution in [3.8, 4) is 0 Å². The Kier molecular flexibility index (Phi) is 5.13. The monoisotopic (exact) mass is 382 g/mol. The summed E-state index contributed by atoms with van der Waals surface area (Å²) in [6.07, 6.45) is 2.76. The second-order valence-corrected chi connectivity index (χ2v) is 6.33. The minimum atomic E-state index is 0.198. The molecule has 0 bridgehead atoms. The lowest BCUT2D eigenvalue weighted by atomic mass is 10.0. The lowest BCUT2D eigenvalue weighted by molar-refractivity contribution is 0.573. The summed E-state index contributed by atoms with van der Waals surface area (Å²) in [7, 11) is 1.97. The van der Waals surface area contributed by atoms with E-state index in [-0.39, 0.29) is 6.04 Å². The average molecular weight is 384 g/mol. The third kappa shape index (κ3) is 3.88. The van der Waals surface area contributed by atoms with Crippen molar-refractivity contribution < 1.29 is 0 Å². The van der Waals surface area contributed by atoms with Crippen LogP contribution in [0, 0.1) is 6.92 Å². The van der Waals surface area contributed by atoms with Crippen molar-refractivity contribution >= 4 is 31.9 Å². The summed E-state index contributed by atoms with van der Waals surface area (Å²) < 4.78 is 2.00. The molecule has 2 rings (SSSR count). The van der Waals surface area contributed by atoms with Crippen LogP contribution in [0.4, 0.5) is 0 Å². The molecule has 1 N–H and O–H groups in total. The average Bonchev–Trinajstić information content (AvgIpc) is 2.37. The Balaban J connectivity index is 2.25. The van der Waals surface area contributed by atoms with Gasteiger partial charge in [0.25, 0.3) is 0 Å². The van der Waals surface area contributed by atoms with Gasteiger partial charge in [-0.05, 0) is 63.9 Å². The van der Waals surface area contributed by atoms with Crippen LogP contribution in [-0.4, -0.2) is 12.0 Å². The van der Waals surface area contributed by atoms with E-state index < -0.39 is 0 Å². The minimum Gasteiger partial charge on any atom is -0.311 e. The number of hydrogen-bond donors (Lipinski definition) is 1. The summed E-state index contributed by atoms with van der Waals surface area (Å²) in [6, 6.07) is 10.8. The summed E-state index contributed by atoms with van der Waals surface area (Å²) in [5, 5.41) is 3.34. The molecular weight excluding hydrogens is 368 g/mol. The molecule has 0 amide bonds. The molecule has 19 heavy (non-hydrogen) atoms. The van der Waals surface area contributed by atoms with Gasteiger partial charge in [0.2, 0.25) is 0 Å². The smallest absolute Gasteiger partial charge is 0.0719 e. The fourth-order valence-corrected chi connectivity index (χ4v) is 3.36. The molecule has 4 heteroatoms. The van der Waals surface area contributed by atoms with E-state index in [1.54, 1.807) is 0 Å². The number of rotatable bonds is 4. The Morgan fingerprint density at radius 3 is 2.68 bits per heavy atom. The molecule has 0 aliphatic carbocycles. The summed E-state index contributed by atoms with van der Waals surface area (Å²) in [5.41, 5.74) is 3.64.